The highest BCUT2D eigenvalue weighted by Gasteiger charge is 2.37. The summed E-state index contributed by atoms with van der Waals surface area (Å²) in [6.07, 6.45) is 2.12. The highest BCUT2D eigenvalue weighted by Crippen LogP contribution is 2.38. The molecule has 166 valence electrons. The van der Waals surface area contributed by atoms with Crippen molar-refractivity contribution in [1.82, 2.24) is 0 Å². The molecule has 1 atom stereocenters. The van der Waals surface area contributed by atoms with Gasteiger partial charge >= 0.3 is 6.98 Å². The van der Waals surface area contributed by atoms with Crippen LogP contribution >= 0.6 is 0 Å². The third-order valence-electron chi connectivity index (χ3n) is 7.26. The molecule has 0 saturated carbocycles. The van der Waals surface area contributed by atoms with Crippen LogP contribution in [0.4, 0.5) is 11.4 Å². The Hall–Kier alpha value is -3.18. The summed E-state index contributed by atoms with van der Waals surface area (Å²) >= 11 is 0. The zero-order valence-corrected chi connectivity index (χ0v) is 20.6. The Morgan fingerprint density at radius 2 is 1.42 bits per heavy atom. The molecule has 4 aromatic carbocycles. The highest BCUT2D eigenvalue weighted by molar-refractivity contribution is 6.92. The lowest BCUT2D eigenvalue weighted by atomic mass is 9.68. The molecule has 1 unspecified atom stereocenters. The van der Waals surface area contributed by atoms with Crippen LogP contribution in [0.2, 0.25) is 25.0 Å². The first-order valence-electron chi connectivity index (χ1n) is 11.8. The van der Waals surface area contributed by atoms with Crippen LogP contribution in [-0.2, 0) is 6.42 Å². The van der Waals surface area contributed by atoms with Crippen LogP contribution in [0.15, 0.2) is 91.0 Å². The Balaban J connectivity index is 1.45. The van der Waals surface area contributed by atoms with Crippen molar-refractivity contribution in [1.29, 1.82) is 0 Å². The minimum atomic E-state index is -1.76. The van der Waals surface area contributed by atoms with Gasteiger partial charge in [0.2, 0.25) is 0 Å². The predicted molar refractivity (Wildman–Crippen MR) is 146 cm³/mol. The number of methoxy groups -OCH3 is 1. The smallest absolute Gasteiger partial charge is 0.370 e. The second-order valence-corrected chi connectivity index (χ2v) is 14.5. The van der Waals surface area contributed by atoms with E-state index in [1.54, 1.807) is 7.11 Å². The third kappa shape index (κ3) is 4.38. The fourth-order valence-corrected chi connectivity index (χ4v) is 8.27. The fraction of sp³-hybridized carbons (Fsp3) is 0.214. The normalized spacial score (nSPS) is 13.8. The van der Waals surface area contributed by atoms with E-state index in [1.165, 1.54) is 32.9 Å². The number of hydrogen-bond acceptors (Lipinski definition) is 3. The first kappa shape index (κ1) is 21.7. The van der Waals surface area contributed by atoms with E-state index in [9.17, 15) is 0 Å². The van der Waals surface area contributed by atoms with Gasteiger partial charge in [-0.2, -0.15) is 0 Å². The molecular formula is C28H31BN2OSi. The Labute approximate surface area is 198 Å². The van der Waals surface area contributed by atoms with Gasteiger partial charge in [0.15, 0.2) is 0 Å². The topological polar surface area (TPSA) is 33.3 Å². The number of ether oxygens (including phenoxy) is 1. The van der Waals surface area contributed by atoms with Crippen molar-refractivity contribution in [3.63, 3.8) is 0 Å². The Kier molecular flexibility index (Phi) is 5.90. The second kappa shape index (κ2) is 8.99. The average Bonchev–Trinajstić information content (AvgIpc) is 2.85. The first-order valence-corrected chi connectivity index (χ1v) is 14.9. The molecular weight excluding hydrogens is 419 g/mol. The molecule has 0 spiro atoms. The fourth-order valence-electron chi connectivity index (χ4n) is 5.18. The number of anilines is 2. The lowest BCUT2D eigenvalue weighted by molar-refractivity contribution is 0.414. The van der Waals surface area contributed by atoms with E-state index >= 15 is 0 Å². The van der Waals surface area contributed by atoms with Gasteiger partial charge in [0.05, 0.1) is 15.2 Å². The summed E-state index contributed by atoms with van der Waals surface area (Å²) in [4.78, 5) is 0. The number of nitrogens with one attached hydrogen (secondary N) is 2. The van der Waals surface area contributed by atoms with Crippen molar-refractivity contribution in [3.05, 3.63) is 96.6 Å². The van der Waals surface area contributed by atoms with Crippen LogP contribution in [0.3, 0.4) is 0 Å². The molecule has 0 aliphatic carbocycles. The maximum absolute atomic E-state index is 5.38. The SMILES string of the molecule is COc1ccc(CC(CB2Nc3cccc4cccc(c34)N2)[Si](C)(C)c2ccccc2)cc1. The van der Waals surface area contributed by atoms with E-state index in [4.69, 9.17) is 4.74 Å². The second-order valence-electron chi connectivity index (χ2n) is 9.62. The van der Waals surface area contributed by atoms with Crippen molar-refractivity contribution in [2.45, 2.75) is 31.4 Å². The minimum Gasteiger partial charge on any atom is -0.497 e. The van der Waals surface area contributed by atoms with Crippen LogP contribution in [-0.4, -0.2) is 22.2 Å². The van der Waals surface area contributed by atoms with Gasteiger partial charge in [-0.3, -0.25) is 0 Å². The predicted octanol–water partition coefficient (Wildman–Crippen LogP) is 6.40. The van der Waals surface area contributed by atoms with E-state index in [1.807, 2.05) is 0 Å². The molecule has 3 nitrogen and oxygen atoms in total. The summed E-state index contributed by atoms with van der Waals surface area (Å²) in [7, 11) is -0.0387. The Bertz CT molecular complexity index is 1200. The first-order chi connectivity index (χ1) is 16.0. The molecule has 0 radical (unpaired) electrons. The minimum absolute atomic E-state index is 0.198. The van der Waals surface area contributed by atoms with Gasteiger partial charge in [-0.15, -0.1) is 0 Å². The quantitative estimate of drug-likeness (QED) is 0.320. The molecule has 1 aliphatic rings. The van der Waals surface area contributed by atoms with E-state index in [0.717, 1.165) is 18.5 Å². The molecule has 1 heterocycles. The molecule has 0 aromatic heterocycles. The lowest BCUT2D eigenvalue weighted by Gasteiger charge is -2.36. The van der Waals surface area contributed by atoms with E-state index in [2.05, 4.69) is 115 Å². The average molecular weight is 450 g/mol. The molecule has 0 fully saturated rings. The van der Waals surface area contributed by atoms with Gasteiger partial charge in [-0.05, 0) is 53.5 Å². The molecule has 33 heavy (non-hydrogen) atoms. The zero-order valence-electron chi connectivity index (χ0n) is 19.6. The van der Waals surface area contributed by atoms with Gasteiger partial charge in [-0.25, -0.2) is 0 Å². The largest absolute Gasteiger partial charge is 0.497 e. The summed E-state index contributed by atoms with van der Waals surface area (Å²) in [5.74, 6) is 0.912. The Morgan fingerprint density at radius 1 is 0.788 bits per heavy atom. The van der Waals surface area contributed by atoms with Gasteiger partial charge in [0.25, 0.3) is 0 Å². The van der Waals surface area contributed by atoms with Crippen molar-refractivity contribution in [2.75, 3.05) is 17.6 Å². The van der Waals surface area contributed by atoms with Crippen LogP contribution in [0.5, 0.6) is 5.75 Å². The zero-order chi connectivity index (χ0) is 22.8. The molecule has 5 heteroatoms. The molecule has 0 saturated heterocycles. The number of rotatable bonds is 7. The van der Waals surface area contributed by atoms with E-state index < -0.39 is 8.07 Å². The molecule has 0 bridgehead atoms. The molecule has 4 aromatic rings. The molecule has 5 rings (SSSR count). The monoisotopic (exact) mass is 450 g/mol. The highest BCUT2D eigenvalue weighted by atomic mass is 28.3. The van der Waals surface area contributed by atoms with Crippen LogP contribution in [0.1, 0.15) is 5.56 Å². The van der Waals surface area contributed by atoms with Gasteiger partial charge in [0.1, 0.15) is 5.75 Å². The standard InChI is InChI=1S/C28H31BN2OSi/c1-32-23-17-15-21(16-18-23)19-25(33(2,3)24-11-5-4-6-12-24)20-29-30-26-13-7-9-22-10-8-14-27(31-29)28(22)26/h4-18,25,30-31H,19-20H2,1-3H3. The van der Waals surface area contributed by atoms with Crippen LogP contribution in [0, 0.1) is 0 Å². The van der Waals surface area contributed by atoms with Crippen molar-refractivity contribution >= 4 is 42.4 Å². The summed E-state index contributed by atoms with van der Waals surface area (Å²) in [5, 5.41) is 11.7. The summed E-state index contributed by atoms with van der Waals surface area (Å²) < 4.78 is 5.38. The van der Waals surface area contributed by atoms with Gasteiger partial charge in [-0.1, -0.05) is 85.0 Å². The molecule has 0 amide bonds. The summed E-state index contributed by atoms with van der Waals surface area (Å²) in [5.41, 5.74) is 4.39. The summed E-state index contributed by atoms with van der Waals surface area (Å²) in [6, 6.07) is 32.8. The maximum Gasteiger partial charge on any atom is 0.370 e. The number of hydrogen-bond donors (Lipinski definition) is 2. The van der Waals surface area contributed by atoms with Crippen molar-refractivity contribution in [2.24, 2.45) is 0 Å². The number of benzene rings is 4. The Morgan fingerprint density at radius 3 is 2.03 bits per heavy atom. The van der Waals surface area contributed by atoms with Crippen molar-refractivity contribution < 1.29 is 4.74 Å². The van der Waals surface area contributed by atoms with Crippen LogP contribution < -0.4 is 20.4 Å². The lowest BCUT2D eigenvalue weighted by Crippen LogP contribution is -2.50. The van der Waals surface area contributed by atoms with E-state index in [-0.39, 0.29) is 6.98 Å². The summed E-state index contributed by atoms with van der Waals surface area (Å²) in [6.45, 7) is 5.24. The molecule has 2 N–H and O–H groups in total. The van der Waals surface area contributed by atoms with E-state index in [0.29, 0.717) is 5.54 Å². The van der Waals surface area contributed by atoms with Gasteiger partial charge in [0, 0.05) is 16.8 Å². The van der Waals surface area contributed by atoms with Crippen LogP contribution in [0.25, 0.3) is 10.8 Å². The maximum atomic E-state index is 5.38. The third-order valence-corrected chi connectivity index (χ3v) is 11.6. The van der Waals surface area contributed by atoms with Crippen molar-refractivity contribution in [3.8, 4) is 5.75 Å². The molecule has 1 aliphatic heterocycles. The van der Waals surface area contributed by atoms with Gasteiger partial charge < -0.3 is 15.2 Å².